The van der Waals surface area contributed by atoms with E-state index in [2.05, 4.69) is 5.32 Å². The maximum Gasteiger partial charge on any atom is 0.242 e. The molecule has 0 spiro atoms. The molecule has 0 aliphatic heterocycles. The van der Waals surface area contributed by atoms with Gasteiger partial charge in [-0.05, 0) is 20.9 Å². The van der Waals surface area contributed by atoms with Gasteiger partial charge in [-0.25, -0.2) is 0 Å². The highest BCUT2D eigenvalue weighted by Gasteiger charge is 2.27. The van der Waals surface area contributed by atoms with Gasteiger partial charge in [0.2, 0.25) is 5.91 Å². The monoisotopic (exact) mass is 174 g/mol. The summed E-state index contributed by atoms with van der Waals surface area (Å²) in [5.41, 5.74) is -0.552. The SMILES string of the molecule is CNC(C)(C)C(=O)N(C)CCO. The predicted molar refractivity (Wildman–Crippen MR) is 47.9 cm³/mol. The maximum absolute atomic E-state index is 11.5. The van der Waals surface area contributed by atoms with Crippen molar-refractivity contribution in [3.8, 4) is 0 Å². The first-order valence-corrected chi connectivity index (χ1v) is 4.01. The maximum atomic E-state index is 11.5. The summed E-state index contributed by atoms with van der Waals surface area (Å²) in [6.07, 6.45) is 0. The minimum atomic E-state index is -0.552. The number of aliphatic hydroxyl groups is 1. The van der Waals surface area contributed by atoms with Crippen LogP contribution in [0, 0.1) is 0 Å². The fourth-order valence-electron chi connectivity index (χ4n) is 0.836. The molecule has 72 valence electrons. The highest BCUT2D eigenvalue weighted by atomic mass is 16.3. The standard InChI is InChI=1S/C8H18N2O2/c1-8(2,9-3)7(12)10(4)5-6-11/h9,11H,5-6H2,1-4H3. The molecule has 12 heavy (non-hydrogen) atoms. The molecule has 0 aliphatic rings. The summed E-state index contributed by atoms with van der Waals surface area (Å²) in [6, 6.07) is 0. The number of carbonyl (C=O) groups excluding carboxylic acids is 1. The van der Waals surface area contributed by atoms with E-state index in [1.807, 2.05) is 13.8 Å². The van der Waals surface area contributed by atoms with E-state index in [-0.39, 0.29) is 12.5 Å². The largest absolute Gasteiger partial charge is 0.395 e. The summed E-state index contributed by atoms with van der Waals surface area (Å²) in [7, 11) is 3.42. The summed E-state index contributed by atoms with van der Waals surface area (Å²) >= 11 is 0. The first-order chi connectivity index (χ1) is 5.45. The number of nitrogens with one attached hydrogen (secondary N) is 1. The molecule has 0 rings (SSSR count). The zero-order valence-corrected chi connectivity index (χ0v) is 8.22. The predicted octanol–water partition coefficient (Wildman–Crippen LogP) is -0.565. The van der Waals surface area contributed by atoms with Crippen molar-refractivity contribution in [3.63, 3.8) is 0 Å². The Balaban J connectivity index is 4.18. The van der Waals surface area contributed by atoms with Crippen LogP contribution in [0.3, 0.4) is 0 Å². The molecular weight excluding hydrogens is 156 g/mol. The van der Waals surface area contributed by atoms with E-state index in [1.165, 1.54) is 4.90 Å². The normalized spacial score (nSPS) is 11.4. The molecule has 0 aromatic carbocycles. The molecule has 0 bridgehead atoms. The molecule has 1 amide bonds. The summed E-state index contributed by atoms with van der Waals surface area (Å²) in [6.45, 7) is 4.00. The third-order valence-corrected chi connectivity index (χ3v) is 1.94. The first kappa shape index (κ1) is 11.4. The van der Waals surface area contributed by atoms with Crippen LogP contribution in [0.4, 0.5) is 0 Å². The lowest BCUT2D eigenvalue weighted by Gasteiger charge is -2.28. The van der Waals surface area contributed by atoms with Crippen molar-refractivity contribution in [2.24, 2.45) is 0 Å². The fraction of sp³-hybridized carbons (Fsp3) is 0.875. The lowest BCUT2D eigenvalue weighted by atomic mass is 10.0. The minimum absolute atomic E-state index is 0.00202. The van der Waals surface area contributed by atoms with Crippen molar-refractivity contribution in [2.45, 2.75) is 19.4 Å². The first-order valence-electron chi connectivity index (χ1n) is 4.01. The van der Waals surface area contributed by atoms with Gasteiger partial charge in [0.05, 0.1) is 12.1 Å². The molecule has 0 saturated heterocycles. The van der Waals surface area contributed by atoms with Crippen molar-refractivity contribution < 1.29 is 9.90 Å². The molecular formula is C8H18N2O2. The van der Waals surface area contributed by atoms with Crippen molar-refractivity contribution in [3.05, 3.63) is 0 Å². The smallest absolute Gasteiger partial charge is 0.242 e. The van der Waals surface area contributed by atoms with Crippen LogP contribution >= 0.6 is 0 Å². The van der Waals surface area contributed by atoms with Crippen LogP contribution < -0.4 is 5.32 Å². The molecule has 0 atom stereocenters. The quantitative estimate of drug-likeness (QED) is 0.600. The van der Waals surface area contributed by atoms with Crippen LogP contribution in [0.2, 0.25) is 0 Å². The van der Waals surface area contributed by atoms with E-state index in [4.69, 9.17) is 5.11 Å². The number of hydrogen-bond donors (Lipinski definition) is 2. The molecule has 0 aliphatic carbocycles. The van der Waals surface area contributed by atoms with E-state index < -0.39 is 5.54 Å². The van der Waals surface area contributed by atoms with Crippen molar-refractivity contribution in [1.29, 1.82) is 0 Å². The van der Waals surface area contributed by atoms with E-state index in [0.717, 1.165) is 0 Å². The number of amides is 1. The second-order valence-electron chi connectivity index (χ2n) is 3.33. The van der Waals surface area contributed by atoms with Gasteiger partial charge in [-0.3, -0.25) is 4.79 Å². The Kier molecular flexibility index (Phi) is 4.20. The number of nitrogens with zero attached hydrogens (tertiary/aromatic N) is 1. The van der Waals surface area contributed by atoms with Crippen molar-refractivity contribution in [2.75, 3.05) is 27.2 Å². The Morgan fingerprint density at radius 2 is 2.08 bits per heavy atom. The van der Waals surface area contributed by atoms with Gasteiger partial charge in [0.15, 0.2) is 0 Å². The zero-order chi connectivity index (χ0) is 9.78. The summed E-state index contributed by atoms with van der Waals surface area (Å²) in [4.78, 5) is 13.0. The average molecular weight is 174 g/mol. The highest BCUT2D eigenvalue weighted by molar-refractivity contribution is 5.85. The van der Waals surface area contributed by atoms with Crippen molar-refractivity contribution in [1.82, 2.24) is 10.2 Å². The summed E-state index contributed by atoms with van der Waals surface area (Å²) in [5, 5.41) is 11.5. The number of hydrogen-bond acceptors (Lipinski definition) is 3. The molecule has 4 heteroatoms. The summed E-state index contributed by atoms with van der Waals surface area (Å²) in [5.74, 6) is -0.0148. The van der Waals surface area contributed by atoms with E-state index >= 15 is 0 Å². The Bertz CT molecular complexity index is 157. The van der Waals surface area contributed by atoms with Crippen LogP contribution in [0.5, 0.6) is 0 Å². The molecule has 0 aromatic rings. The second kappa shape index (κ2) is 4.42. The Hall–Kier alpha value is -0.610. The van der Waals surface area contributed by atoms with Crippen LogP contribution in [0.25, 0.3) is 0 Å². The lowest BCUT2D eigenvalue weighted by Crippen LogP contribution is -2.52. The summed E-state index contributed by atoms with van der Waals surface area (Å²) < 4.78 is 0. The van der Waals surface area contributed by atoms with Gasteiger partial charge in [-0.15, -0.1) is 0 Å². The minimum Gasteiger partial charge on any atom is -0.395 e. The van der Waals surface area contributed by atoms with Gasteiger partial charge in [0.25, 0.3) is 0 Å². The number of carbonyl (C=O) groups is 1. The third kappa shape index (κ3) is 2.79. The van der Waals surface area contributed by atoms with Gasteiger partial charge in [0.1, 0.15) is 0 Å². The van der Waals surface area contributed by atoms with Gasteiger partial charge < -0.3 is 15.3 Å². The lowest BCUT2D eigenvalue weighted by molar-refractivity contribution is -0.136. The van der Waals surface area contributed by atoms with Crippen molar-refractivity contribution >= 4 is 5.91 Å². The second-order valence-corrected chi connectivity index (χ2v) is 3.33. The van der Waals surface area contributed by atoms with Gasteiger partial charge in [-0.2, -0.15) is 0 Å². The van der Waals surface area contributed by atoms with Crippen LogP contribution in [0.1, 0.15) is 13.8 Å². The third-order valence-electron chi connectivity index (χ3n) is 1.94. The number of aliphatic hydroxyl groups excluding tert-OH is 1. The molecule has 0 heterocycles. The van der Waals surface area contributed by atoms with E-state index in [1.54, 1.807) is 14.1 Å². The Morgan fingerprint density at radius 3 is 2.42 bits per heavy atom. The molecule has 0 unspecified atom stereocenters. The fourth-order valence-corrected chi connectivity index (χ4v) is 0.836. The number of likely N-dealkylation sites (N-methyl/N-ethyl adjacent to an activating group) is 2. The van der Waals surface area contributed by atoms with Crippen LogP contribution in [0.15, 0.2) is 0 Å². The van der Waals surface area contributed by atoms with Gasteiger partial charge in [0, 0.05) is 13.6 Å². The molecule has 0 aromatic heterocycles. The topological polar surface area (TPSA) is 52.6 Å². The van der Waals surface area contributed by atoms with E-state index in [9.17, 15) is 4.79 Å². The number of rotatable bonds is 4. The van der Waals surface area contributed by atoms with Crippen LogP contribution in [-0.4, -0.2) is 48.7 Å². The molecule has 0 saturated carbocycles. The van der Waals surface area contributed by atoms with Gasteiger partial charge >= 0.3 is 0 Å². The Labute approximate surface area is 73.6 Å². The highest BCUT2D eigenvalue weighted by Crippen LogP contribution is 2.04. The molecule has 2 N–H and O–H groups in total. The van der Waals surface area contributed by atoms with Crippen LogP contribution in [-0.2, 0) is 4.79 Å². The zero-order valence-electron chi connectivity index (χ0n) is 8.22. The molecule has 0 fully saturated rings. The average Bonchev–Trinajstić information content (AvgIpc) is 2.03. The Morgan fingerprint density at radius 1 is 1.58 bits per heavy atom. The molecule has 0 radical (unpaired) electrons. The molecule has 4 nitrogen and oxygen atoms in total. The van der Waals surface area contributed by atoms with E-state index in [0.29, 0.717) is 6.54 Å². The van der Waals surface area contributed by atoms with Gasteiger partial charge in [-0.1, -0.05) is 0 Å².